The Morgan fingerprint density at radius 3 is 2.30 bits per heavy atom. The summed E-state index contributed by atoms with van der Waals surface area (Å²) in [6, 6.07) is 25.6. The molecule has 13 nitrogen and oxygen atoms in total. The van der Waals surface area contributed by atoms with E-state index in [1.807, 2.05) is 29.6 Å². The van der Waals surface area contributed by atoms with Gasteiger partial charge in [0.05, 0.1) is 44.5 Å². The standard InChI is InChI=1S/C43H52N9O4P/c1-28(2)52(29(3)4)57(53-20-12-19-44)54-24-38-35(23-39(56-38)51-27-47-40-41(48-26-50(7)8)45-25-46-42(40)51)49-43(32-13-10-9-11-14-32)33-21-30(5)15-17-36(33)55-37-18-16-31(6)22-34(37)43/h9-11,13-18,21-22,25-29,35,38-39,49H,12,20,23-24H2,1-8H3/t35-,38+,39+,57?/m0/s1. The molecule has 1 saturated heterocycles. The minimum absolute atomic E-state index is 0.147. The van der Waals surface area contributed by atoms with Crippen LogP contribution in [0, 0.1) is 25.2 Å². The van der Waals surface area contributed by atoms with Crippen molar-refractivity contribution in [1.82, 2.24) is 34.4 Å². The molecular weight excluding hydrogens is 738 g/mol. The van der Waals surface area contributed by atoms with Crippen molar-refractivity contribution in [2.45, 2.75) is 90.4 Å². The van der Waals surface area contributed by atoms with Gasteiger partial charge in [-0.25, -0.2) is 24.6 Å². The van der Waals surface area contributed by atoms with E-state index in [9.17, 15) is 5.26 Å². The molecule has 2 aliphatic heterocycles. The third-order valence-corrected chi connectivity index (χ3v) is 12.3. The van der Waals surface area contributed by atoms with Crippen molar-refractivity contribution in [2.24, 2.45) is 4.99 Å². The monoisotopic (exact) mass is 789 g/mol. The molecule has 14 heteroatoms. The Hall–Kier alpha value is -4.80. The first-order chi connectivity index (χ1) is 27.5. The lowest BCUT2D eigenvalue weighted by molar-refractivity contribution is -0.0243. The van der Waals surface area contributed by atoms with Crippen molar-refractivity contribution in [3.63, 3.8) is 0 Å². The van der Waals surface area contributed by atoms with Crippen LogP contribution in [-0.4, -0.2) is 87.0 Å². The molecule has 1 N–H and O–H groups in total. The average Bonchev–Trinajstić information content (AvgIpc) is 3.80. The Morgan fingerprint density at radius 1 is 0.982 bits per heavy atom. The zero-order valence-electron chi connectivity index (χ0n) is 34.0. The van der Waals surface area contributed by atoms with Crippen molar-refractivity contribution in [3.05, 3.63) is 107 Å². The van der Waals surface area contributed by atoms with Crippen LogP contribution in [0.2, 0.25) is 0 Å². The van der Waals surface area contributed by atoms with Gasteiger partial charge in [-0.3, -0.25) is 9.88 Å². The van der Waals surface area contributed by atoms with Crippen molar-refractivity contribution < 1.29 is 18.5 Å². The number of aliphatic imine (C=N–C) groups is 1. The Labute approximate surface area is 336 Å². The molecule has 0 aliphatic carbocycles. The lowest BCUT2D eigenvalue weighted by atomic mass is 9.73. The van der Waals surface area contributed by atoms with Gasteiger partial charge >= 0.3 is 0 Å². The number of aromatic nitrogens is 4. The molecule has 0 radical (unpaired) electrons. The number of ether oxygens (including phenoxy) is 2. The number of nitrogens with zero attached hydrogens (tertiary/aromatic N) is 8. The number of nitriles is 1. The summed E-state index contributed by atoms with van der Waals surface area (Å²) in [5.74, 6) is 2.06. The van der Waals surface area contributed by atoms with Crippen LogP contribution in [0.4, 0.5) is 5.82 Å². The number of imidazole rings is 1. The van der Waals surface area contributed by atoms with Gasteiger partial charge in [0.25, 0.3) is 8.53 Å². The maximum atomic E-state index is 9.35. The molecule has 4 heterocycles. The molecule has 0 spiro atoms. The molecular formula is C43H52N9O4P. The van der Waals surface area contributed by atoms with Crippen LogP contribution < -0.4 is 10.1 Å². The number of aryl methyl sites for hydroxylation is 2. The van der Waals surface area contributed by atoms with E-state index in [1.165, 1.54) is 6.33 Å². The molecule has 298 valence electrons. The molecule has 2 aliphatic rings. The highest BCUT2D eigenvalue weighted by atomic mass is 31.2. The fraction of sp³-hybridized carbons (Fsp3) is 0.419. The molecule has 5 aromatic rings. The molecule has 1 unspecified atom stereocenters. The maximum Gasteiger partial charge on any atom is 0.259 e. The van der Waals surface area contributed by atoms with E-state index in [0.29, 0.717) is 23.4 Å². The highest BCUT2D eigenvalue weighted by Crippen LogP contribution is 2.52. The van der Waals surface area contributed by atoms with E-state index in [0.717, 1.165) is 39.3 Å². The predicted molar refractivity (Wildman–Crippen MR) is 223 cm³/mol. The second-order valence-corrected chi connectivity index (χ2v) is 16.9. The molecule has 3 aromatic carbocycles. The number of rotatable bonds is 15. The van der Waals surface area contributed by atoms with Gasteiger partial charge in [-0.15, -0.1) is 0 Å². The Bertz CT molecular complexity index is 2180. The zero-order chi connectivity index (χ0) is 40.3. The van der Waals surface area contributed by atoms with Crippen LogP contribution in [0.25, 0.3) is 11.2 Å². The second-order valence-electron chi connectivity index (χ2n) is 15.4. The highest BCUT2D eigenvalue weighted by Gasteiger charge is 2.49. The number of fused-ring (bicyclic) bond motifs is 3. The van der Waals surface area contributed by atoms with Crippen molar-refractivity contribution >= 4 is 31.8 Å². The van der Waals surface area contributed by atoms with Gasteiger partial charge < -0.3 is 23.4 Å². The van der Waals surface area contributed by atoms with Crippen LogP contribution >= 0.6 is 8.53 Å². The molecule has 4 atom stereocenters. The summed E-state index contributed by atoms with van der Waals surface area (Å²) in [6.07, 6.45) is 4.89. The fourth-order valence-corrected chi connectivity index (χ4v) is 9.42. The summed E-state index contributed by atoms with van der Waals surface area (Å²) < 4.78 is 31.1. The van der Waals surface area contributed by atoms with Gasteiger partial charge in [0.15, 0.2) is 17.0 Å². The SMILES string of the molecule is Cc1ccc2c(c1)C(N[C@H]1C[C@H](n3cnc4c(N=CN(C)C)ncnc43)O[C@@H]1COP(OCCC#N)N(C(C)C)C(C)C)(c1ccccc1)c1cc(C)ccc1O2. The van der Waals surface area contributed by atoms with Gasteiger partial charge in [0.2, 0.25) is 0 Å². The van der Waals surface area contributed by atoms with Crippen LogP contribution in [0.5, 0.6) is 11.5 Å². The first-order valence-electron chi connectivity index (χ1n) is 19.5. The Morgan fingerprint density at radius 2 is 1.67 bits per heavy atom. The zero-order valence-corrected chi connectivity index (χ0v) is 34.9. The summed E-state index contributed by atoms with van der Waals surface area (Å²) in [6.45, 7) is 13.3. The number of hydrogen-bond acceptors (Lipinski definition) is 11. The summed E-state index contributed by atoms with van der Waals surface area (Å²) in [5.41, 5.74) is 5.74. The van der Waals surface area contributed by atoms with Gasteiger partial charge in [-0.2, -0.15) is 5.26 Å². The molecule has 7 rings (SSSR count). The molecule has 1 fully saturated rings. The summed E-state index contributed by atoms with van der Waals surface area (Å²) in [5, 5.41) is 13.6. The molecule has 0 bridgehead atoms. The van der Waals surface area contributed by atoms with Crippen molar-refractivity contribution in [1.29, 1.82) is 5.26 Å². The van der Waals surface area contributed by atoms with Crippen LogP contribution in [0.3, 0.4) is 0 Å². The summed E-state index contributed by atoms with van der Waals surface area (Å²) in [4.78, 5) is 20.2. The van der Waals surface area contributed by atoms with E-state index >= 15 is 0 Å². The third-order valence-electron chi connectivity index (χ3n) is 10.2. The third kappa shape index (κ3) is 8.30. The normalized spacial score (nSPS) is 19.2. The van der Waals surface area contributed by atoms with Crippen LogP contribution in [-0.2, 0) is 19.3 Å². The molecule has 0 saturated carbocycles. The Kier molecular flexibility index (Phi) is 12.3. The molecule has 0 amide bonds. The van der Waals surface area contributed by atoms with Gasteiger partial charge in [0.1, 0.15) is 29.6 Å². The summed E-state index contributed by atoms with van der Waals surface area (Å²) in [7, 11) is 2.29. The lowest BCUT2D eigenvalue weighted by Crippen LogP contribution is -2.54. The topological polar surface area (TPSA) is 135 Å². The van der Waals surface area contributed by atoms with Crippen LogP contribution in [0.1, 0.15) is 74.6 Å². The molecule has 2 aromatic heterocycles. The van der Waals surface area contributed by atoms with Crippen molar-refractivity contribution in [3.8, 4) is 17.6 Å². The lowest BCUT2D eigenvalue weighted by Gasteiger charge is -2.44. The predicted octanol–water partition coefficient (Wildman–Crippen LogP) is 8.30. The van der Waals surface area contributed by atoms with E-state index in [4.69, 9.17) is 23.5 Å². The number of nitrogens with one attached hydrogen (secondary N) is 1. The second kappa shape index (κ2) is 17.4. The summed E-state index contributed by atoms with van der Waals surface area (Å²) >= 11 is 0. The van der Waals surface area contributed by atoms with E-state index < -0.39 is 26.4 Å². The van der Waals surface area contributed by atoms with E-state index in [2.05, 4.69) is 133 Å². The smallest absolute Gasteiger partial charge is 0.259 e. The maximum absolute atomic E-state index is 9.35. The minimum Gasteiger partial charge on any atom is -0.457 e. The molecule has 57 heavy (non-hydrogen) atoms. The van der Waals surface area contributed by atoms with Gasteiger partial charge in [-0.1, -0.05) is 53.6 Å². The van der Waals surface area contributed by atoms with Gasteiger partial charge in [0, 0.05) is 49.8 Å². The van der Waals surface area contributed by atoms with Crippen molar-refractivity contribution in [2.75, 3.05) is 27.3 Å². The van der Waals surface area contributed by atoms with Crippen LogP contribution in [0.15, 0.2) is 84.4 Å². The quantitative estimate of drug-likeness (QED) is 0.0475. The fourth-order valence-electron chi connectivity index (χ4n) is 7.80. The van der Waals surface area contributed by atoms with E-state index in [1.54, 1.807) is 12.7 Å². The highest BCUT2D eigenvalue weighted by molar-refractivity contribution is 7.44. The first kappa shape index (κ1) is 40.4. The first-order valence-corrected chi connectivity index (χ1v) is 20.6. The average molecular weight is 790 g/mol. The largest absolute Gasteiger partial charge is 0.457 e. The number of benzene rings is 3. The minimum atomic E-state index is -1.53. The van der Waals surface area contributed by atoms with Gasteiger partial charge in [-0.05, 0) is 71.4 Å². The Balaban J connectivity index is 1.34. The number of hydrogen-bond donors (Lipinski definition) is 1. The van der Waals surface area contributed by atoms with E-state index in [-0.39, 0.29) is 37.8 Å².